The van der Waals surface area contributed by atoms with E-state index in [1.807, 2.05) is 17.5 Å². The number of amides is 1. The van der Waals surface area contributed by atoms with E-state index in [1.165, 1.54) is 16.2 Å². The van der Waals surface area contributed by atoms with Gasteiger partial charge in [-0.05, 0) is 30.0 Å². The summed E-state index contributed by atoms with van der Waals surface area (Å²) in [5, 5.41) is 6.29. The average Bonchev–Trinajstić information content (AvgIpc) is 3.38. The molecule has 0 aliphatic heterocycles. The van der Waals surface area contributed by atoms with Gasteiger partial charge in [0, 0.05) is 18.1 Å². The van der Waals surface area contributed by atoms with E-state index in [0.29, 0.717) is 23.0 Å². The number of aromatic nitrogens is 2. The molecule has 2 heterocycles. The molecule has 11 heteroatoms. The molecule has 8 nitrogen and oxygen atoms in total. The zero-order chi connectivity index (χ0) is 21.7. The molecule has 0 aliphatic carbocycles. The molecule has 0 N–H and O–H groups in total. The second-order valence-electron chi connectivity index (χ2n) is 6.52. The zero-order valence-corrected chi connectivity index (χ0v) is 18.9. The molecule has 0 atom stereocenters. The number of benzene rings is 1. The summed E-state index contributed by atoms with van der Waals surface area (Å²) in [5.74, 6) is 0.372. The summed E-state index contributed by atoms with van der Waals surface area (Å²) in [7, 11) is -3.64. The van der Waals surface area contributed by atoms with Crippen LogP contribution in [0.4, 0.5) is 0 Å². The second-order valence-corrected chi connectivity index (χ2v) is 9.86. The van der Waals surface area contributed by atoms with Crippen molar-refractivity contribution < 1.29 is 17.7 Å². The highest BCUT2D eigenvalue weighted by Crippen LogP contribution is 2.22. The molecular formula is C19H21ClN4O4S2. The summed E-state index contributed by atoms with van der Waals surface area (Å²) in [6.45, 7) is 1.94. The van der Waals surface area contributed by atoms with Crippen LogP contribution in [0.15, 0.2) is 46.3 Å². The second kappa shape index (κ2) is 9.69. The summed E-state index contributed by atoms with van der Waals surface area (Å²) in [6, 6.07) is 10.7. The van der Waals surface area contributed by atoms with Crippen LogP contribution in [-0.4, -0.2) is 53.0 Å². The van der Waals surface area contributed by atoms with Crippen LogP contribution in [0, 0.1) is 0 Å². The van der Waals surface area contributed by atoms with E-state index < -0.39 is 10.0 Å². The lowest BCUT2D eigenvalue weighted by Crippen LogP contribution is -2.42. The van der Waals surface area contributed by atoms with Gasteiger partial charge in [-0.2, -0.15) is 9.29 Å². The van der Waals surface area contributed by atoms with Crippen molar-refractivity contribution in [2.45, 2.75) is 20.0 Å². The van der Waals surface area contributed by atoms with Gasteiger partial charge in [0.15, 0.2) is 0 Å². The van der Waals surface area contributed by atoms with Crippen molar-refractivity contribution in [3.63, 3.8) is 0 Å². The molecule has 1 aromatic carbocycles. The van der Waals surface area contributed by atoms with Crippen molar-refractivity contribution in [3.05, 3.63) is 58.3 Å². The van der Waals surface area contributed by atoms with Gasteiger partial charge < -0.3 is 9.42 Å². The van der Waals surface area contributed by atoms with Gasteiger partial charge in [-0.25, -0.2) is 8.42 Å². The Morgan fingerprint density at radius 1 is 1.20 bits per heavy atom. The van der Waals surface area contributed by atoms with E-state index in [9.17, 15) is 13.2 Å². The third-order valence-electron chi connectivity index (χ3n) is 4.36. The Balaban J connectivity index is 1.71. The van der Waals surface area contributed by atoms with Crippen LogP contribution in [0.25, 0.3) is 10.7 Å². The van der Waals surface area contributed by atoms with Gasteiger partial charge in [-0.15, -0.1) is 11.3 Å². The minimum atomic E-state index is -3.64. The topological polar surface area (TPSA) is 96.6 Å². The lowest BCUT2D eigenvalue weighted by Gasteiger charge is -2.24. The van der Waals surface area contributed by atoms with E-state index in [4.69, 9.17) is 16.1 Å². The van der Waals surface area contributed by atoms with E-state index in [0.717, 1.165) is 15.4 Å². The van der Waals surface area contributed by atoms with Gasteiger partial charge in [0.2, 0.25) is 27.6 Å². The molecular weight excluding hydrogens is 448 g/mol. The number of hydrogen-bond acceptors (Lipinski definition) is 7. The Labute approximate surface area is 184 Å². The van der Waals surface area contributed by atoms with Crippen molar-refractivity contribution in [1.82, 2.24) is 19.3 Å². The van der Waals surface area contributed by atoms with Gasteiger partial charge in [0.1, 0.15) is 6.54 Å². The van der Waals surface area contributed by atoms with Gasteiger partial charge >= 0.3 is 0 Å². The van der Waals surface area contributed by atoms with E-state index in [-0.39, 0.29) is 31.4 Å². The van der Waals surface area contributed by atoms with Crippen LogP contribution in [0.3, 0.4) is 0 Å². The number of likely N-dealkylation sites (N-methyl/N-ethyl adjacent to an activating group) is 1. The Morgan fingerprint density at radius 3 is 2.60 bits per heavy atom. The Kier molecular flexibility index (Phi) is 7.24. The first-order chi connectivity index (χ1) is 14.3. The summed E-state index contributed by atoms with van der Waals surface area (Å²) in [5.41, 5.74) is 0.623. The smallest absolute Gasteiger partial charge is 0.246 e. The highest BCUT2D eigenvalue weighted by Gasteiger charge is 2.25. The number of thiophene rings is 1. The Hall–Kier alpha value is -2.27. The van der Waals surface area contributed by atoms with Crippen LogP contribution in [0.5, 0.6) is 0 Å². The van der Waals surface area contributed by atoms with Gasteiger partial charge in [-0.1, -0.05) is 41.0 Å². The zero-order valence-electron chi connectivity index (χ0n) is 16.5. The van der Waals surface area contributed by atoms with Crippen LogP contribution in [0.2, 0.25) is 5.02 Å². The number of nitrogens with zero attached hydrogens (tertiary/aromatic N) is 4. The molecule has 0 spiro atoms. The monoisotopic (exact) mass is 468 g/mol. The fourth-order valence-electron chi connectivity index (χ4n) is 2.72. The van der Waals surface area contributed by atoms with Gasteiger partial charge in [0.05, 0.1) is 17.7 Å². The van der Waals surface area contributed by atoms with Gasteiger partial charge in [0.25, 0.3) is 0 Å². The standard InChI is InChI=1S/C19H21ClN4O4S2/c1-3-23(12-17-21-19(22-28-17)16-9-6-10-29-16)18(25)13-24(30(2,26)27)11-14-7-4-5-8-15(14)20/h4-10H,3,11-13H2,1-2H3. The molecule has 0 bridgehead atoms. The molecule has 3 rings (SSSR count). The molecule has 2 aromatic heterocycles. The molecule has 0 unspecified atom stereocenters. The molecule has 1 amide bonds. The largest absolute Gasteiger partial charge is 0.337 e. The molecule has 0 saturated heterocycles. The minimum absolute atomic E-state index is 0.00485. The van der Waals surface area contributed by atoms with Crippen LogP contribution in [-0.2, 0) is 27.9 Å². The molecule has 160 valence electrons. The maximum atomic E-state index is 12.8. The highest BCUT2D eigenvalue weighted by molar-refractivity contribution is 7.88. The van der Waals surface area contributed by atoms with Crippen molar-refractivity contribution in [2.75, 3.05) is 19.3 Å². The first-order valence-electron chi connectivity index (χ1n) is 9.10. The number of carbonyl (C=O) groups is 1. The summed E-state index contributed by atoms with van der Waals surface area (Å²) in [6.07, 6.45) is 1.07. The number of sulfonamides is 1. The summed E-state index contributed by atoms with van der Waals surface area (Å²) >= 11 is 7.64. The van der Waals surface area contributed by atoms with Crippen molar-refractivity contribution in [2.24, 2.45) is 0 Å². The van der Waals surface area contributed by atoms with Gasteiger partial charge in [-0.3, -0.25) is 4.79 Å². The lowest BCUT2D eigenvalue weighted by molar-refractivity contribution is -0.132. The van der Waals surface area contributed by atoms with Crippen LogP contribution < -0.4 is 0 Å². The quantitative estimate of drug-likeness (QED) is 0.478. The lowest BCUT2D eigenvalue weighted by atomic mass is 10.2. The molecule has 0 radical (unpaired) electrons. The maximum Gasteiger partial charge on any atom is 0.246 e. The molecule has 0 fully saturated rings. The molecule has 0 saturated carbocycles. The average molecular weight is 469 g/mol. The summed E-state index contributed by atoms with van der Waals surface area (Å²) < 4.78 is 30.9. The summed E-state index contributed by atoms with van der Waals surface area (Å²) in [4.78, 5) is 19.5. The fraction of sp³-hybridized carbons (Fsp3) is 0.316. The number of hydrogen-bond donors (Lipinski definition) is 0. The first kappa shape index (κ1) is 22.4. The third kappa shape index (κ3) is 5.66. The van der Waals surface area contributed by atoms with Crippen molar-refractivity contribution in [3.8, 4) is 10.7 Å². The number of halogens is 1. The number of rotatable bonds is 9. The predicted octanol–water partition coefficient (Wildman–Crippen LogP) is 3.26. The predicted molar refractivity (Wildman–Crippen MR) is 115 cm³/mol. The normalized spacial score (nSPS) is 11.7. The molecule has 30 heavy (non-hydrogen) atoms. The van der Waals surface area contributed by atoms with Crippen LogP contribution in [0.1, 0.15) is 18.4 Å². The van der Waals surface area contributed by atoms with Crippen LogP contribution >= 0.6 is 22.9 Å². The van der Waals surface area contributed by atoms with Crippen molar-refractivity contribution in [1.29, 1.82) is 0 Å². The SMILES string of the molecule is CCN(Cc1nc(-c2cccs2)no1)C(=O)CN(Cc1ccccc1Cl)S(C)(=O)=O. The Morgan fingerprint density at radius 2 is 1.97 bits per heavy atom. The minimum Gasteiger partial charge on any atom is -0.337 e. The van der Waals surface area contributed by atoms with E-state index >= 15 is 0 Å². The van der Waals surface area contributed by atoms with E-state index in [2.05, 4.69) is 10.1 Å². The molecule has 3 aromatic rings. The first-order valence-corrected chi connectivity index (χ1v) is 12.2. The third-order valence-corrected chi connectivity index (χ3v) is 6.79. The Bertz CT molecular complexity index is 1100. The van der Waals surface area contributed by atoms with Crippen molar-refractivity contribution >= 4 is 38.9 Å². The van der Waals surface area contributed by atoms with E-state index in [1.54, 1.807) is 31.2 Å². The number of carbonyl (C=O) groups excluding carboxylic acids is 1. The maximum absolute atomic E-state index is 12.8. The fourth-order valence-corrected chi connectivity index (χ4v) is 4.29. The molecule has 0 aliphatic rings. The highest BCUT2D eigenvalue weighted by atomic mass is 35.5.